The molecule has 0 saturated carbocycles. The highest BCUT2D eigenvalue weighted by atomic mass is 35.5. The molecule has 0 aromatic carbocycles. The summed E-state index contributed by atoms with van der Waals surface area (Å²) in [4.78, 5) is 9.37. The molecule has 2 aromatic heterocycles. The molecular weight excluding hydrogens is 421 g/mol. The van der Waals surface area contributed by atoms with Crippen molar-refractivity contribution >= 4 is 37.2 Å². The third-order valence-electron chi connectivity index (χ3n) is 5.29. The Kier molecular flexibility index (Phi) is 10.8. The minimum atomic E-state index is 0. The van der Waals surface area contributed by atoms with E-state index in [1.54, 1.807) is 6.26 Å². The van der Waals surface area contributed by atoms with Crippen LogP contribution >= 0.6 is 37.2 Å². The molecule has 0 spiro atoms. The Morgan fingerprint density at radius 2 is 2.07 bits per heavy atom. The maximum absolute atomic E-state index is 5.52. The highest BCUT2D eigenvalue weighted by Crippen LogP contribution is 2.25. The van der Waals surface area contributed by atoms with Crippen LogP contribution in [0, 0.1) is 5.92 Å². The Labute approximate surface area is 186 Å². The molecule has 158 valence electrons. The van der Waals surface area contributed by atoms with Crippen LogP contribution < -0.4 is 0 Å². The van der Waals surface area contributed by atoms with Crippen LogP contribution in [-0.2, 0) is 30.8 Å². The van der Waals surface area contributed by atoms with Gasteiger partial charge in [-0.05, 0) is 54.6 Å². The molecule has 1 unspecified atom stereocenters. The summed E-state index contributed by atoms with van der Waals surface area (Å²) in [5.74, 6) is 1.71. The molecule has 0 amide bonds. The minimum absolute atomic E-state index is 0. The second-order valence-electron chi connectivity index (χ2n) is 7.40. The van der Waals surface area contributed by atoms with E-state index in [-0.39, 0.29) is 37.2 Å². The van der Waals surface area contributed by atoms with Crippen molar-refractivity contribution in [3.8, 4) is 0 Å². The molecule has 2 aromatic rings. The molecule has 0 radical (unpaired) electrons. The van der Waals surface area contributed by atoms with Crippen LogP contribution in [-0.4, -0.2) is 48.1 Å². The molecule has 28 heavy (non-hydrogen) atoms. The first-order valence-corrected chi connectivity index (χ1v) is 9.23. The summed E-state index contributed by atoms with van der Waals surface area (Å²) in [5, 5.41) is 0. The van der Waals surface area contributed by atoms with E-state index in [2.05, 4.69) is 28.0 Å². The second-order valence-corrected chi connectivity index (χ2v) is 7.40. The number of nitrogens with zero attached hydrogens (tertiary/aromatic N) is 3. The zero-order chi connectivity index (χ0) is 17.1. The molecule has 4 rings (SSSR count). The number of aromatic nitrogens is 1. The molecular formula is C20H30Cl3N3O2. The van der Waals surface area contributed by atoms with Gasteiger partial charge in [-0.2, -0.15) is 0 Å². The molecule has 4 heterocycles. The number of halogens is 3. The summed E-state index contributed by atoms with van der Waals surface area (Å²) in [6.45, 7) is 6.92. The zero-order valence-electron chi connectivity index (χ0n) is 16.2. The van der Waals surface area contributed by atoms with Gasteiger partial charge < -0.3 is 9.15 Å². The number of ether oxygens (including phenoxy) is 1. The third kappa shape index (κ3) is 6.34. The average Bonchev–Trinajstić information content (AvgIpc) is 3.29. The van der Waals surface area contributed by atoms with Gasteiger partial charge in [0.05, 0.1) is 19.4 Å². The van der Waals surface area contributed by atoms with Crippen LogP contribution in [0.2, 0.25) is 0 Å². The number of hydrogen-bond donors (Lipinski definition) is 0. The SMILES string of the molecule is CN(Cc1ccco1)Cc1cncc2c1CCN(CC1CCOC1)C2.Cl.Cl.Cl. The Balaban J connectivity index is 0.00000131. The summed E-state index contributed by atoms with van der Waals surface area (Å²) < 4.78 is 11.0. The lowest BCUT2D eigenvalue weighted by Crippen LogP contribution is -2.35. The lowest BCUT2D eigenvalue weighted by molar-refractivity contribution is 0.161. The third-order valence-corrected chi connectivity index (χ3v) is 5.29. The molecule has 2 aliphatic rings. The Hall–Kier alpha value is -0.820. The van der Waals surface area contributed by atoms with Gasteiger partial charge >= 0.3 is 0 Å². The zero-order valence-corrected chi connectivity index (χ0v) is 18.7. The fourth-order valence-corrected chi connectivity index (χ4v) is 4.03. The summed E-state index contributed by atoms with van der Waals surface area (Å²) in [6, 6.07) is 3.97. The van der Waals surface area contributed by atoms with E-state index < -0.39 is 0 Å². The van der Waals surface area contributed by atoms with E-state index in [1.807, 2.05) is 18.3 Å². The second kappa shape index (κ2) is 12.0. The van der Waals surface area contributed by atoms with E-state index in [0.717, 1.165) is 58.1 Å². The van der Waals surface area contributed by atoms with Gasteiger partial charge in [-0.3, -0.25) is 14.8 Å². The number of furan rings is 1. The van der Waals surface area contributed by atoms with E-state index in [4.69, 9.17) is 9.15 Å². The van der Waals surface area contributed by atoms with E-state index in [0.29, 0.717) is 5.92 Å². The molecule has 1 atom stereocenters. The van der Waals surface area contributed by atoms with Crippen molar-refractivity contribution in [2.24, 2.45) is 5.92 Å². The van der Waals surface area contributed by atoms with Crippen molar-refractivity contribution in [1.29, 1.82) is 0 Å². The maximum Gasteiger partial charge on any atom is 0.117 e. The van der Waals surface area contributed by atoms with Gasteiger partial charge in [-0.1, -0.05) is 0 Å². The van der Waals surface area contributed by atoms with Gasteiger partial charge in [0, 0.05) is 45.2 Å². The molecule has 2 aliphatic heterocycles. The van der Waals surface area contributed by atoms with Crippen LogP contribution in [0.3, 0.4) is 0 Å². The summed E-state index contributed by atoms with van der Waals surface area (Å²) >= 11 is 0. The lowest BCUT2D eigenvalue weighted by Gasteiger charge is -2.31. The van der Waals surface area contributed by atoms with Crippen LogP contribution in [0.1, 0.15) is 28.9 Å². The number of rotatable bonds is 6. The highest BCUT2D eigenvalue weighted by Gasteiger charge is 2.24. The standard InChI is InChI=1S/C20H27N3O2.3ClH/c1-22(14-19-3-2-7-25-19)12-17-9-21-10-18-13-23(6-4-20(17)18)11-16-5-8-24-15-16;;;/h2-3,7,9-10,16H,4-6,8,11-15H2,1H3;3*1H. The normalized spacial score (nSPS) is 18.7. The predicted octanol–water partition coefficient (Wildman–Crippen LogP) is 3.97. The smallest absolute Gasteiger partial charge is 0.117 e. The van der Waals surface area contributed by atoms with Gasteiger partial charge in [0.1, 0.15) is 5.76 Å². The van der Waals surface area contributed by atoms with Crippen molar-refractivity contribution in [2.45, 2.75) is 32.5 Å². The monoisotopic (exact) mass is 449 g/mol. The van der Waals surface area contributed by atoms with Crippen LogP contribution in [0.25, 0.3) is 0 Å². The first kappa shape index (κ1) is 25.2. The van der Waals surface area contributed by atoms with E-state index >= 15 is 0 Å². The van der Waals surface area contributed by atoms with Crippen molar-refractivity contribution in [3.63, 3.8) is 0 Å². The van der Waals surface area contributed by atoms with Crippen molar-refractivity contribution < 1.29 is 9.15 Å². The topological polar surface area (TPSA) is 41.7 Å². The summed E-state index contributed by atoms with van der Waals surface area (Å²) in [6.07, 6.45) is 8.16. The molecule has 0 aliphatic carbocycles. The minimum Gasteiger partial charge on any atom is -0.468 e. The first-order valence-electron chi connectivity index (χ1n) is 9.23. The summed E-state index contributed by atoms with van der Waals surface area (Å²) in [7, 11) is 2.14. The Bertz CT molecular complexity index is 694. The fourth-order valence-electron chi connectivity index (χ4n) is 4.03. The van der Waals surface area contributed by atoms with E-state index in [9.17, 15) is 0 Å². The number of hydrogen-bond acceptors (Lipinski definition) is 5. The van der Waals surface area contributed by atoms with Gasteiger partial charge in [-0.25, -0.2) is 0 Å². The van der Waals surface area contributed by atoms with E-state index in [1.165, 1.54) is 23.1 Å². The molecule has 8 heteroatoms. The van der Waals surface area contributed by atoms with Crippen molar-refractivity contribution in [1.82, 2.24) is 14.8 Å². The summed E-state index contributed by atoms with van der Waals surface area (Å²) in [5.41, 5.74) is 4.25. The number of fused-ring (bicyclic) bond motifs is 1. The molecule has 0 bridgehead atoms. The lowest BCUT2D eigenvalue weighted by atomic mass is 9.96. The van der Waals surface area contributed by atoms with Crippen LogP contribution in [0.5, 0.6) is 0 Å². The van der Waals surface area contributed by atoms with Crippen molar-refractivity contribution in [3.05, 3.63) is 53.2 Å². The van der Waals surface area contributed by atoms with Gasteiger partial charge in [0.2, 0.25) is 0 Å². The largest absolute Gasteiger partial charge is 0.468 e. The van der Waals surface area contributed by atoms with Crippen molar-refractivity contribution in [2.75, 3.05) is 33.4 Å². The molecule has 5 nitrogen and oxygen atoms in total. The molecule has 1 saturated heterocycles. The molecule has 0 N–H and O–H groups in total. The Morgan fingerprint density at radius 3 is 2.79 bits per heavy atom. The van der Waals surface area contributed by atoms with Gasteiger partial charge in [0.15, 0.2) is 0 Å². The Morgan fingerprint density at radius 1 is 1.21 bits per heavy atom. The molecule has 1 fully saturated rings. The quantitative estimate of drug-likeness (QED) is 0.666. The fraction of sp³-hybridized carbons (Fsp3) is 0.550. The van der Waals surface area contributed by atoms with Gasteiger partial charge in [-0.15, -0.1) is 37.2 Å². The van der Waals surface area contributed by atoms with Gasteiger partial charge in [0.25, 0.3) is 0 Å². The first-order chi connectivity index (χ1) is 12.3. The van der Waals surface area contributed by atoms with Crippen LogP contribution in [0.15, 0.2) is 35.2 Å². The predicted molar refractivity (Wildman–Crippen MR) is 118 cm³/mol. The average molecular weight is 451 g/mol. The highest BCUT2D eigenvalue weighted by molar-refractivity contribution is 5.86. The van der Waals surface area contributed by atoms with Crippen LogP contribution in [0.4, 0.5) is 0 Å². The maximum atomic E-state index is 5.52. The number of pyridine rings is 1.